The number of hydrogen-bond donors (Lipinski definition) is 3. The van der Waals surface area contributed by atoms with E-state index in [9.17, 15) is 15.0 Å². The molecular weight excluding hydrogens is 492 g/mol. The molecule has 7 heteroatoms. The number of amides is 1. The molecule has 39 heavy (non-hydrogen) atoms. The van der Waals surface area contributed by atoms with Gasteiger partial charge in [-0.2, -0.15) is 0 Å². The molecule has 3 aromatic carbocycles. The van der Waals surface area contributed by atoms with Gasteiger partial charge in [-0.05, 0) is 34.2 Å². The molecule has 5 atom stereocenters. The molecule has 3 aromatic rings. The molecule has 5 rings (SSSR count). The van der Waals surface area contributed by atoms with E-state index in [1.54, 1.807) is 0 Å². The topological polar surface area (TPSA) is 91.3 Å². The van der Waals surface area contributed by atoms with Crippen LogP contribution in [0.3, 0.4) is 0 Å². The Morgan fingerprint density at radius 1 is 1.00 bits per heavy atom. The summed E-state index contributed by atoms with van der Waals surface area (Å²) in [6.07, 6.45) is -0.275. The van der Waals surface area contributed by atoms with E-state index < -0.39 is 6.29 Å². The van der Waals surface area contributed by atoms with E-state index in [2.05, 4.69) is 35.3 Å². The van der Waals surface area contributed by atoms with Gasteiger partial charge in [-0.1, -0.05) is 79.7 Å². The summed E-state index contributed by atoms with van der Waals surface area (Å²) in [5.41, 5.74) is 6.05. The zero-order valence-electron chi connectivity index (χ0n) is 22.6. The SMILES string of the molecule is CC(=O)NCc1ccccc1-c1ccc([C@H]2O[C@@H](CN3CC[C@H](O)C3)[C@@H](C)[C@@H](c3ccc(CO)cc3)O2)cc1. The van der Waals surface area contributed by atoms with Gasteiger partial charge in [-0.25, -0.2) is 0 Å². The van der Waals surface area contributed by atoms with Gasteiger partial charge in [0, 0.05) is 44.6 Å². The summed E-state index contributed by atoms with van der Waals surface area (Å²) in [6, 6.07) is 24.3. The molecule has 206 valence electrons. The van der Waals surface area contributed by atoms with Crippen LogP contribution in [0.15, 0.2) is 72.8 Å². The Hall–Kier alpha value is -3.07. The van der Waals surface area contributed by atoms with Gasteiger partial charge in [0.25, 0.3) is 0 Å². The molecule has 0 saturated carbocycles. The molecule has 2 aliphatic rings. The fourth-order valence-corrected chi connectivity index (χ4v) is 5.56. The molecule has 2 fully saturated rings. The second kappa shape index (κ2) is 12.4. The molecular formula is C32H38N2O5. The average molecular weight is 531 g/mol. The molecule has 0 radical (unpaired) electrons. The maximum Gasteiger partial charge on any atom is 0.217 e. The largest absolute Gasteiger partial charge is 0.392 e. The number of carbonyl (C=O) groups excluding carboxylic acids is 1. The van der Waals surface area contributed by atoms with Crippen molar-refractivity contribution in [2.24, 2.45) is 5.92 Å². The van der Waals surface area contributed by atoms with E-state index in [1.165, 1.54) is 6.92 Å². The molecule has 0 aliphatic carbocycles. The standard InChI is InChI=1S/C32H38N2O5/c1-21-30(19-34-16-15-28(37)18-34)38-32(39-31(21)25-9-7-23(20-35)8-10-25)26-13-11-24(12-14-26)29-6-4-3-5-27(29)17-33-22(2)36/h3-14,21,28,30-32,35,37H,15-20H2,1-2H3,(H,33,36)/t21-,28+,30+,31+,32+/m1/s1. The Morgan fingerprint density at radius 3 is 2.38 bits per heavy atom. The summed E-state index contributed by atoms with van der Waals surface area (Å²) >= 11 is 0. The van der Waals surface area contributed by atoms with Crippen molar-refractivity contribution in [3.63, 3.8) is 0 Å². The van der Waals surface area contributed by atoms with Crippen molar-refractivity contribution in [3.05, 3.63) is 95.1 Å². The number of rotatable bonds is 8. The number of carbonyl (C=O) groups is 1. The fraction of sp³-hybridized carbons (Fsp3) is 0.406. The zero-order valence-corrected chi connectivity index (χ0v) is 22.6. The van der Waals surface area contributed by atoms with Crippen molar-refractivity contribution in [1.29, 1.82) is 0 Å². The van der Waals surface area contributed by atoms with Gasteiger partial charge >= 0.3 is 0 Å². The van der Waals surface area contributed by atoms with Crippen molar-refractivity contribution in [2.45, 2.75) is 58.0 Å². The quantitative estimate of drug-likeness (QED) is 0.401. The van der Waals surface area contributed by atoms with Crippen LogP contribution in [0, 0.1) is 5.92 Å². The van der Waals surface area contributed by atoms with Gasteiger partial charge in [0.05, 0.1) is 24.9 Å². The predicted octanol–water partition coefficient (Wildman–Crippen LogP) is 4.34. The lowest BCUT2D eigenvalue weighted by molar-refractivity contribution is -0.276. The first-order valence-electron chi connectivity index (χ1n) is 13.7. The first-order chi connectivity index (χ1) is 18.9. The number of nitrogens with zero attached hydrogens (tertiary/aromatic N) is 1. The van der Waals surface area contributed by atoms with Gasteiger partial charge < -0.3 is 25.0 Å². The molecule has 1 amide bonds. The maximum atomic E-state index is 11.5. The highest BCUT2D eigenvalue weighted by Crippen LogP contribution is 2.42. The monoisotopic (exact) mass is 530 g/mol. The summed E-state index contributed by atoms with van der Waals surface area (Å²) in [7, 11) is 0. The van der Waals surface area contributed by atoms with Crippen LogP contribution < -0.4 is 5.32 Å². The Labute approximate surface area is 230 Å². The van der Waals surface area contributed by atoms with E-state index in [0.29, 0.717) is 13.1 Å². The Bertz CT molecular complexity index is 1250. The maximum absolute atomic E-state index is 11.5. The van der Waals surface area contributed by atoms with Crippen molar-refractivity contribution >= 4 is 5.91 Å². The van der Waals surface area contributed by atoms with Gasteiger partial charge in [0.2, 0.25) is 5.91 Å². The van der Waals surface area contributed by atoms with E-state index >= 15 is 0 Å². The third-order valence-electron chi connectivity index (χ3n) is 7.85. The minimum atomic E-state index is -0.537. The molecule has 0 unspecified atom stereocenters. The lowest BCUT2D eigenvalue weighted by atomic mass is 9.90. The van der Waals surface area contributed by atoms with E-state index in [0.717, 1.165) is 52.9 Å². The van der Waals surface area contributed by atoms with Gasteiger partial charge in [-0.3, -0.25) is 9.69 Å². The van der Waals surface area contributed by atoms with Gasteiger partial charge in [0.1, 0.15) is 0 Å². The summed E-state index contributed by atoms with van der Waals surface area (Å²) in [5, 5.41) is 22.4. The first-order valence-corrected chi connectivity index (χ1v) is 13.7. The van der Waals surface area contributed by atoms with Crippen molar-refractivity contribution in [2.75, 3.05) is 19.6 Å². The number of aliphatic hydroxyl groups excluding tert-OH is 2. The van der Waals surface area contributed by atoms with Crippen molar-refractivity contribution in [1.82, 2.24) is 10.2 Å². The highest BCUT2D eigenvalue weighted by Gasteiger charge is 2.39. The van der Waals surface area contributed by atoms with Crippen LogP contribution >= 0.6 is 0 Å². The number of aliphatic hydroxyl groups is 2. The van der Waals surface area contributed by atoms with Crippen molar-refractivity contribution < 1.29 is 24.5 Å². The Morgan fingerprint density at radius 2 is 1.72 bits per heavy atom. The van der Waals surface area contributed by atoms with Crippen LogP contribution in [0.2, 0.25) is 0 Å². The molecule has 0 spiro atoms. The third-order valence-corrected chi connectivity index (χ3v) is 7.85. The summed E-state index contributed by atoms with van der Waals surface area (Å²) in [4.78, 5) is 13.7. The van der Waals surface area contributed by atoms with E-state index in [4.69, 9.17) is 9.47 Å². The average Bonchev–Trinajstić information content (AvgIpc) is 3.37. The Balaban J connectivity index is 1.39. The Kier molecular flexibility index (Phi) is 8.75. The summed E-state index contributed by atoms with van der Waals surface area (Å²) in [5.74, 6) is 0.0402. The number of nitrogens with one attached hydrogen (secondary N) is 1. The molecule has 0 bridgehead atoms. The van der Waals surface area contributed by atoms with Crippen LogP contribution in [0.5, 0.6) is 0 Å². The lowest BCUT2D eigenvalue weighted by Gasteiger charge is -2.42. The van der Waals surface area contributed by atoms with Crippen molar-refractivity contribution in [3.8, 4) is 11.1 Å². The van der Waals surface area contributed by atoms with E-state index in [1.807, 2.05) is 54.6 Å². The summed E-state index contributed by atoms with van der Waals surface area (Å²) < 4.78 is 13.2. The number of likely N-dealkylation sites (tertiary alicyclic amines) is 1. The zero-order chi connectivity index (χ0) is 27.4. The number of ether oxygens (including phenoxy) is 2. The second-order valence-electron chi connectivity index (χ2n) is 10.7. The minimum Gasteiger partial charge on any atom is -0.392 e. The van der Waals surface area contributed by atoms with Gasteiger partial charge in [-0.15, -0.1) is 0 Å². The molecule has 3 N–H and O–H groups in total. The van der Waals surface area contributed by atoms with Crippen LogP contribution in [0.25, 0.3) is 11.1 Å². The molecule has 7 nitrogen and oxygen atoms in total. The normalized spacial score (nSPS) is 25.5. The minimum absolute atomic E-state index is 0.00724. The number of benzene rings is 3. The predicted molar refractivity (Wildman–Crippen MR) is 149 cm³/mol. The fourth-order valence-electron chi connectivity index (χ4n) is 5.56. The first kappa shape index (κ1) is 27.5. The van der Waals surface area contributed by atoms with E-state index in [-0.39, 0.29) is 36.7 Å². The molecule has 2 heterocycles. The summed E-state index contributed by atoms with van der Waals surface area (Å²) in [6.45, 7) is 6.43. The smallest absolute Gasteiger partial charge is 0.217 e. The molecule has 2 saturated heterocycles. The number of β-amino-alcohol motifs (C(OH)–C–C–N with tert-alkyl or cyclic N) is 1. The van der Waals surface area contributed by atoms with Gasteiger partial charge in [0.15, 0.2) is 6.29 Å². The molecule has 0 aromatic heterocycles. The highest BCUT2D eigenvalue weighted by atomic mass is 16.7. The second-order valence-corrected chi connectivity index (χ2v) is 10.7. The van der Waals surface area contributed by atoms with Crippen LogP contribution in [-0.4, -0.2) is 52.9 Å². The third kappa shape index (κ3) is 6.57. The number of hydrogen-bond acceptors (Lipinski definition) is 6. The lowest BCUT2D eigenvalue weighted by Crippen LogP contribution is -2.44. The highest BCUT2D eigenvalue weighted by molar-refractivity contribution is 5.74. The van der Waals surface area contributed by atoms with Crippen LogP contribution in [0.4, 0.5) is 0 Å². The molecule has 2 aliphatic heterocycles. The van der Waals surface area contributed by atoms with Crippen LogP contribution in [-0.2, 0) is 27.4 Å². The van der Waals surface area contributed by atoms with Crippen LogP contribution in [0.1, 0.15) is 54.9 Å².